The van der Waals surface area contributed by atoms with E-state index in [2.05, 4.69) is 0 Å². The van der Waals surface area contributed by atoms with Gasteiger partial charge in [0.15, 0.2) is 0 Å². The Morgan fingerprint density at radius 2 is 1.16 bits per heavy atom. The normalized spacial score (nSPS) is 32.8. The average molecular weight is 495 g/mol. The molecule has 148 valence electrons. The molecule has 0 spiro atoms. The third-order valence-corrected chi connectivity index (χ3v) is 8.40. The molecule has 1 rings (SSSR count). The zero-order valence-corrected chi connectivity index (χ0v) is 20.0. The number of halogens is 6. The monoisotopic (exact) mass is 492 g/mol. The molecule has 1 saturated carbocycles. The summed E-state index contributed by atoms with van der Waals surface area (Å²) in [5, 5.41) is 5.74. The summed E-state index contributed by atoms with van der Waals surface area (Å²) in [7, 11) is -0.885. The molecule has 1 aliphatic rings. The molecular formula is C14H22Cl6O4Si. The third kappa shape index (κ3) is 10.1. The van der Waals surface area contributed by atoms with Gasteiger partial charge in [0.05, 0.1) is 45.1 Å². The first kappa shape index (κ1) is 25.9. The number of carboxylic acid groups (broad SMARTS) is 1. The van der Waals surface area contributed by atoms with Crippen LogP contribution in [0.3, 0.4) is 0 Å². The summed E-state index contributed by atoms with van der Waals surface area (Å²) in [4.78, 5) is 21.1. The Balaban J connectivity index is 0.000000462. The molecule has 25 heavy (non-hydrogen) atoms. The summed E-state index contributed by atoms with van der Waals surface area (Å²) >= 11 is 35.3. The summed E-state index contributed by atoms with van der Waals surface area (Å²) < 4.78 is 4.99. The van der Waals surface area contributed by atoms with Crippen LogP contribution in [0.15, 0.2) is 0 Å². The molecule has 0 bridgehead atoms. The highest BCUT2D eigenvalue weighted by Gasteiger charge is 2.46. The van der Waals surface area contributed by atoms with Crippen LogP contribution < -0.4 is 0 Å². The maximum absolute atomic E-state index is 10.9. The predicted octanol–water partition coefficient (Wildman–Crippen LogP) is 4.34. The van der Waals surface area contributed by atoms with Crippen molar-refractivity contribution >= 4 is 91.3 Å². The minimum absolute atomic E-state index is 0.0155. The Morgan fingerprint density at radius 1 is 0.840 bits per heavy atom. The van der Waals surface area contributed by atoms with Crippen LogP contribution in [0, 0.1) is 0 Å². The smallest absolute Gasteiger partial charge is 0.303 e. The van der Waals surface area contributed by atoms with E-state index in [1.165, 1.54) is 0 Å². The lowest BCUT2D eigenvalue weighted by atomic mass is 9.97. The fraction of sp³-hybridized carbons (Fsp3) is 0.857. The quantitative estimate of drug-likeness (QED) is 0.466. The number of hydrogen-bond acceptors (Lipinski definition) is 3. The number of aliphatic carboxylic acids is 1. The second-order valence-corrected chi connectivity index (χ2v) is 12.5. The number of hydrogen-bond donors (Lipinski definition) is 1. The van der Waals surface area contributed by atoms with Crippen molar-refractivity contribution in [3.05, 3.63) is 0 Å². The molecule has 0 heterocycles. The van der Waals surface area contributed by atoms with E-state index >= 15 is 0 Å². The van der Waals surface area contributed by atoms with Gasteiger partial charge in [0, 0.05) is 0 Å². The van der Waals surface area contributed by atoms with Crippen LogP contribution in [0.25, 0.3) is 0 Å². The van der Waals surface area contributed by atoms with E-state index in [1.54, 1.807) is 0 Å². The number of carbonyl (C=O) groups excluding carboxylic acids is 1. The molecule has 0 aliphatic heterocycles. The zero-order valence-electron chi connectivity index (χ0n) is 14.0. The average Bonchev–Trinajstić information content (AvgIpc) is 2.52. The highest BCUT2D eigenvalue weighted by Crippen LogP contribution is 2.39. The summed E-state index contributed by atoms with van der Waals surface area (Å²) in [6.07, 6.45) is -0.157. The molecule has 0 aromatic rings. The van der Waals surface area contributed by atoms with Gasteiger partial charge in [0.1, 0.15) is 0 Å². The summed E-state index contributed by atoms with van der Waals surface area (Å²) in [6, 6.07) is 0. The predicted molar refractivity (Wildman–Crippen MR) is 109 cm³/mol. The van der Waals surface area contributed by atoms with Gasteiger partial charge >= 0.3 is 5.97 Å². The van der Waals surface area contributed by atoms with Gasteiger partial charge in [0.2, 0.25) is 9.76 Å². The van der Waals surface area contributed by atoms with E-state index in [9.17, 15) is 9.59 Å². The van der Waals surface area contributed by atoms with Crippen molar-refractivity contribution in [2.24, 2.45) is 0 Å². The molecule has 0 amide bonds. The Bertz CT molecular complexity index is 389. The van der Waals surface area contributed by atoms with Gasteiger partial charge in [-0.15, -0.1) is 69.6 Å². The minimum atomic E-state index is -0.964. The van der Waals surface area contributed by atoms with E-state index < -0.39 is 48.0 Å². The summed E-state index contributed by atoms with van der Waals surface area (Å²) in [5.41, 5.74) is 0. The zero-order chi connectivity index (χ0) is 19.9. The van der Waals surface area contributed by atoms with E-state index in [-0.39, 0.29) is 23.8 Å². The maximum Gasteiger partial charge on any atom is 0.303 e. The molecule has 11 heteroatoms. The molecule has 0 aromatic heterocycles. The van der Waals surface area contributed by atoms with Crippen LogP contribution in [0.5, 0.6) is 0 Å². The molecule has 1 fully saturated rings. The molecule has 1 N–H and O–H groups in total. The van der Waals surface area contributed by atoms with Crippen LogP contribution in [0.4, 0.5) is 0 Å². The largest absolute Gasteiger partial charge is 0.524 e. The van der Waals surface area contributed by atoms with Crippen LogP contribution in [-0.4, -0.2) is 59.1 Å². The number of carbonyl (C=O) groups is 2. The molecule has 0 unspecified atom stereocenters. The van der Waals surface area contributed by atoms with Gasteiger partial charge in [-0.1, -0.05) is 20.8 Å². The highest BCUT2D eigenvalue weighted by atomic mass is 35.5. The second kappa shape index (κ2) is 11.7. The lowest BCUT2D eigenvalue weighted by Gasteiger charge is -2.37. The van der Waals surface area contributed by atoms with E-state index in [4.69, 9.17) is 79.1 Å². The molecule has 0 saturated heterocycles. The molecule has 4 nitrogen and oxygen atoms in total. The van der Waals surface area contributed by atoms with Crippen LogP contribution in [0.1, 0.15) is 33.6 Å². The van der Waals surface area contributed by atoms with Crippen molar-refractivity contribution < 1.29 is 19.1 Å². The van der Waals surface area contributed by atoms with Gasteiger partial charge in [-0.25, -0.2) is 0 Å². The first-order valence-electron chi connectivity index (χ1n) is 7.49. The summed E-state index contributed by atoms with van der Waals surface area (Å²) in [6.45, 7) is 6.01. The molecule has 0 radical (unpaired) electrons. The maximum atomic E-state index is 10.9. The first-order valence-corrected chi connectivity index (χ1v) is 11.4. The van der Waals surface area contributed by atoms with Crippen molar-refractivity contribution in [2.75, 3.05) is 0 Å². The number of rotatable bonds is 4. The minimum Gasteiger partial charge on any atom is -0.524 e. The Hall–Kier alpha value is 0.897. The Kier molecular flexibility index (Phi) is 12.1. The van der Waals surface area contributed by atoms with Crippen LogP contribution >= 0.6 is 69.6 Å². The highest BCUT2D eigenvalue weighted by molar-refractivity contribution is 6.45. The topological polar surface area (TPSA) is 63.6 Å². The lowest BCUT2D eigenvalue weighted by molar-refractivity contribution is -0.142. The van der Waals surface area contributed by atoms with Gasteiger partial charge in [-0.05, 0) is 5.04 Å². The van der Waals surface area contributed by atoms with Crippen LogP contribution in [0.2, 0.25) is 5.04 Å². The molecule has 0 aromatic carbocycles. The van der Waals surface area contributed by atoms with Crippen molar-refractivity contribution in [1.82, 2.24) is 0 Å². The number of carboxylic acids is 1. The van der Waals surface area contributed by atoms with E-state index in [1.807, 2.05) is 20.8 Å². The Labute approximate surface area is 180 Å². The van der Waals surface area contributed by atoms with Crippen LogP contribution in [-0.2, 0) is 14.0 Å². The summed E-state index contributed by atoms with van der Waals surface area (Å²) in [5.74, 6) is -1.35. The van der Waals surface area contributed by atoms with Gasteiger partial charge in [-0.2, -0.15) is 0 Å². The first-order chi connectivity index (χ1) is 11.3. The van der Waals surface area contributed by atoms with Gasteiger partial charge in [0.25, 0.3) is 5.97 Å². The number of alkyl halides is 6. The molecule has 0 atom stereocenters. The molecular weight excluding hydrogens is 473 g/mol. The lowest BCUT2D eigenvalue weighted by Crippen LogP contribution is -2.52. The van der Waals surface area contributed by atoms with Gasteiger partial charge in [-0.3, -0.25) is 9.59 Å². The standard InChI is InChI=1S/C8H16O4Si.C6H6Cl6/c1-8(2,3)13-12-7(11)5-4-6(9)10;7-1-2(8)4(10)6(12)5(11)3(1)9/h4-5,13H2,1-3H3,(H,9,10);1-6H/t;1-,2-,3-,4+,5+,6+. The van der Waals surface area contributed by atoms with Crippen molar-refractivity contribution in [3.8, 4) is 0 Å². The van der Waals surface area contributed by atoms with Crippen molar-refractivity contribution in [1.29, 1.82) is 0 Å². The van der Waals surface area contributed by atoms with Crippen molar-refractivity contribution in [3.63, 3.8) is 0 Å². The van der Waals surface area contributed by atoms with Gasteiger partial charge < -0.3 is 9.53 Å². The third-order valence-electron chi connectivity index (χ3n) is 3.03. The fourth-order valence-electron chi connectivity index (χ4n) is 1.63. The van der Waals surface area contributed by atoms with Crippen molar-refractivity contribution in [2.45, 2.75) is 70.9 Å². The molecule has 1 aliphatic carbocycles. The SMILES string of the molecule is CC(C)(C)[SiH2]OC(=O)CCC(=O)O.Cl[C@H]1[C@H](Cl)[C@@H](Cl)[C@@H](Cl)[C@H](Cl)[C@H]1Cl. The Morgan fingerprint density at radius 3 is 1.40 bits per heavy atom. The van der Waals surface area contributed by atoms with E-state index in [0.717, 1.165) is 0 Å². The van der Waals surface area contributed by atoms with E-state index in [0.29, 0.717) is 0 Å². The fourth-order valence-corrected chi connectivity index (χ4v) is 4.70. The second-order valence-electron chi connectivity index (χ2n) is 6.78.